The number of aliphatic carboxylic acids is 3. The number of alkyl carbamates (subject to hydrolysis) is 2. The molecule has 3 aromatic heterocycles. The molecular weight excluding hydrogens is 1530 g/mol. The van der Waals surface area contributed by atoms with Crippen molar-refractivity contribution in [3.05, 3.63) is 360 Å². The van der Waals surface area contributed by atoms with E-state index in [0.29, 0.717) is 59.3 Å². The summed E-state index contributed by atoms with van der Waals surface area (Å²) in [5.74, 6) is -0.000275. The summed E-state index contributed by atoms with van der Waals surface area (Å²) in [6, 6.07) is 88.4. The van der Waals surface area contributed by atoms with Crippen LogP contribution in [0.1, 0.15) is 55.3 Å². The Morgan fingerprint density at radius 2 is 0.967 bits per heavy atom. The van der Waals surface area contributed by atoms with E-state index in [1.807, 2.05) is 231 Å². The molecule has 1 aliphatic heterocycles. The number of aromatic nitrogens is 2. The summed E-state index contributed by atoms with van der Waals surface area (Å²) in [5.41, 5.74) is 13.9. The van der Waals surface area contributed by atoms with E-state index in [9.17, 15) is 48.5 Å². The SMILES string of the molecule is COc1ccc(C(=O)NCc2ccc(NC3=NCCN3)cc2)cc1.Cc1ccc(C[C@H](NC(=O)OCc2cc3cc(-c4cccc(F)c4)ccc3o2)C(=O)O)cc1.O=C(N[C@H](Cc1ccccc1)C(=O)O)OCc1cc2cc(-c3ccccc3)ccc2o1.O=C(O)[C@H](Cc1ccccc1)Nc1cc(-c2ccc(OCc3ccccc3)cc2)ncn1. The molecule has 3 amide bonds. The lowest BCUT2D eigenvalue weighted by atomic mass is 10.0. The first-order chi connectivity index (χ1) is 58.4. The first-order valence-corrected chi connectivity index (χ1v) is 38.3. The predicted molar refractivity (Wildman–Crippen MR) is 456 cm³/mol. The van der Waals surface area contributed by atoms with Crippen molar-refractivity contribution < 1.29 is 76.3 Å². The van der Waals surface area contributed by atoms with Gasteiger partial charge in [0.05, 0.1) is 19.3 Å². The topological polar surface area (TPSA) is 337 Å². The third-order valence-electron chi connectivity index (χ3n) is 18.8. The Bertz CT molecular complexity index is 5770. The fourth-order valence-electron chi connectivity index (χ4n) is 12.5. The second-order valence-electron chi connectivity index (χ2n) is 27.6. The number of amides is 3. The Kier molecular flexibility index (Phi) is 29.6. The highest BCUT2D eigenvalue weighted by Gasteiger charge is 2.25. The van der Waals surface area contributed by atoms with Gasteiger partial charge in [-0.15, -0.1) is 0 Å². The number of guanidine groups is 1. The normalized spacial score (nSPS) is 11.9. The van der Waals surface area contributed by atoms with Crippen LogP contribution in [0.15, 0.2) is 317 Å². The number of aryl methyl sites for hydroxylation is 1. The number of carbonyl (C=O) groups is 6. The van der Waals surface area contributed by atoms with Gasteiger partial charge in [-0.2, -0.15) is 0 Å². The highest BCUT2D eigenvalue weighted by Crippen LogP contribution is 2.31. The average molecular weight is 1610 g/mol. The summed E-state index contributed by atoms with van der Waals surface area (Å²) < 4.78 is 46.2. The van der Waals surface area contributed by atoms with Gasteiger partial charge in [0.25, 0.3) is 5.91 Å². The highest BCUT2D eigenvalue weighted by molar-refractivity contribution is 5.95. The maximum absolute atomic E-state index is 13.5. The van der Waals surface area contributed by atoms with E-state index in [-0.39, 0.29) is 37.8 Å². The third-order valence-corrected chi connectivity index (χ3v) is 18.8. The van der Waals surface area contributed by atoms with E-state index in [2.05, 4.69) is 46.9 Å². The molecule has 15 rings (SSSR count). The molecule has 608 valence electrons. The van der Waals surface area contributed by atoms with Crippen molar-refractivity contribution in [2.75, 3.05) is 30.8 Å². The fraction of sp³-hybridized carbons (Fsp3) is 0.147. The van der Waals surface area contributed by atoms with Crippen molar-refractivity contribution >= 4 is 75.4 Å². The lowest BCUT2D eigenvalue weighted by molar-refractivity contribution is -0.140. The number of ether oxygens (including phenoxy) is 4. The summed E-state index contributed by atoms with van der Waals surface area (Å²) in [6.07, 6.45) is 0.419. The molecule has 1 aliphatic rings. The lowest BCUT2D eigenvalue weighted by Crippen LogP contribution is -2.42. The van der Waals surface area contributed by atoms with Gasteiger partial charge in [0.1, 0.15) is 76.9 Å². The van der Waals surface area contributed by atoms with E-state index in [1.54, 1.807) is 67.8 Å². The second-order valence-corrected chi connectivity index (χ2v) is 27.6. The molecule has 0 radical (unpaired) electrons. The number of carboxylic acid groups (broad SMARTS) is 3. The van der Waals surface area contributed by atoms with Crippen molar-refractivity contribution in [3.63, 3.8) is 0 Å². The Hall–Kier alpha value is -15.4. The van der Waals surface area contributed by atoms with Gasteiger partial charge in [-0.05, 0) is 166 Å². The lowest BCUT2D eigenvalue weighted by Gasteiger charge is -2.15. The number of nitrogens with zero attached hydrogens (tertiary/aromatic N) is 3. The van der Waals surface area contributed by atoms with Crippen molar-refractivity contribution in [3.8, 4) is 45.0 Å². The molecule has 24 nitrogen and oxygen atoms in total. The van der Waals surface area contributed by atoms with Crippen molar-refractivity contribution in [2.45, 2.75) is 70.7 Å². The van der Waals surface area contributed by atoms with Crippen LogP contribution in [0.2, 0.25) is 0 Å². The summed E-state index contributed by atoms with van der Waals surface area (Å²) in [6.45, 7) is 4.33. The number of carbonyl (C=O) groups excluding carboxylic acids is 3. The molecule has 0 unspecified atom stereocenters. The van der Waals surface area contributed by atoms with E-state index in [0.717, 1.165) is 108 Å². The zero-order valence-electron chi connectivity index (χ0n) is 65.4. The number of anilines is 2. The van der Waals surface area contributed by atoms with Gasteiger partial charge in [-0.25, -0.2) is 38.3 Å². The van der Waals surface area contributed by atoms with Crippen LogP contribution in [0.5, 0.6) is 11.5 Å². The molecule has 0 saturated heterocycles. The number of fused-ring (bicyclic) bond motifs is 2. The standard InChI is InChI=1S/C26H22FNO5.C26H23N3O3.C25H21NO5.C18H20N4O2/c1-16-5-7-17(8-6-16)11-23(25(29)30)28-26(31)32-15-22-14-20-12-19(9-10-24(20)33-22)18-3-2-4-21(27)13-18;30-26(31)24(15-19-7-3-1-4-8-19)29-25-16-23(27-18-28-25)21-11-13-22(14-12-21)32-17-20-9-5-2-6-10-20;27-24(28)22(13-17-7-3-1-4-8-17)26-25(29)30-16-21-15-20-14-19(11-12-23(20)31-21)18-9-5-2-6-10-18;1-24-16-8-4-14(5-9-16)17(23)21-12-13-2-6-15(7-3-13)22-18-19-10-11-20-18/h2-10,12-14,23H,11,15H2,1H3,(H,28,31)(H,29,30);1-14,16,18,24H,15,17H2,(H,30,31)(H,27,28,29);1-12,14-15,22H,13,16H2,(H,26,29)(H,27,28);2-9H,10-12H2,1H3,(H,21,23)(H2,19,20,22)/t23-;24-;22-;/m001./s1. The molecule has 0 fully saturated rings. The largest absolute Gasteiger partial charge is 0.497 e. The van der Waals surface area contributed by atoms with Gasteiger partial charge in [0, 0.05) is 66.0 Å². The summed E-state index contributed by atoms with van der Waals surface area (Å²) in [4.78, 5) is 84.1. The van der Waals surface area contributed by atoms with Gasteiger partial charge < -0.3 is 75.0 Å². The third kappa shape index (κ3) is 25.5. The maximum atomic E-state index is 13.5. The second kappa shape index (κ2) is 42.3. The summed E-state index contributed by atoms with van der Waals surface area (Å²) in [5, 5.41) is 47.2. The van der Waals surface area contributed by atoms with Gasteiger partial charge in [-0.1, -0.05) is 188 Å². The van der Waals surface area contributed by atoms with Crippen molar-refractivity contribution in [1.29, 1.82) is 0 Å². The highest BCUT2D eigenvalue weighted by atomic mass is 19.1. The van der Waals surface area contributed by atoms with Gasteiger partial charge in [0.2, 0.25) is 0 Å². The quantitative estimate of drug-likeness (QED) is 0.0220. The average Bonchev–Trinajstić information content (AvgIpc) is 1.71. The minimum Gasteiger partial charge on any atom is -0.497 e. The number of aliphatic imine (C=N–C) groups is 1. The number of hydrogen-bond donors (Lipinski definition) is 9. The zero-order chi connectivity index (χ0) is 84.0. The minimum absolute atomic E-state index is 0.0984. The Morgan fingerprint density at radius 1 is 0.475 bits per heavy atom. The number of furan rings is 2. The molecule has 0 spiro atoms. The number of benzene rings is 11. The number of hydrogen-bond acceptors (Lipinski definition) is 18. The molecular formula is C95H86FN9O15. The first-order valence-electron chi connectivity index (χ1n) is 38.3. The Morgan fingerprint density at radius 3 is 1.50 bits per heavy atom. The molecule has 9 N–H and O–H groups in total. The monoisotopic (exact) mass is 1610 g/mol. The van der Waals surface area contributed by atoms with Crippen molar-refractivity contribution in [2.24, 2.45) is 4.99 Å². The van der Waals surface area contributed by atoms with Crippen LogP contribution in [0.25, 0.3) is 55.4 Å². The molecule has 0 aliphatic carbocycles. The van der Waals surface area contributed by atoms with Crippen LogP contribution in [0.3, 0.4) is 0 Å². The van der Waals surface area contributed by atoms with Crippen LogP contribution in [0, 0.1) is 12.7 Å². The zero-order valence-corrected chi connectivity index (χ0v) is 65.4. The smallest absolute Gasteiger partial charge is 0.408 e. The molecule has 3 atom stereocenters. The molecule has 0 bridgehead atoms. The molecule has 120 heavy (non-hydrogen) atoms. The number of nitrogens with one attached hydrogen (secondary N) is 6. The summed E-state index contributed by atoms with van der Waals surface area (Å²) in [7, 11) is 1.60. The maximum Gasteiger partial charge on any atom is 0.408 e. The number of carboxylic acids is 3. The van der Waals surface area contributed by atoms with E-state index in [1.165, 1.54) is 18.5 Å². The van der Waals surface area contributed by atoms with E-state index < -0.39 is 48.2 Å². The van der Waals surface area contributed by atoms with Crippen LogP contribution >= 0.6 is 0 Å². The minimum atomic E-state index is -1.15. The Labute approximate surface area is 690 Å². The van der Waals surface area contributed by atoms with E-state index >= 15 is 0 Å². The van der Waals surface area contributed by atoms with Gasteiger partial charge in [-0.3, -0.25) is 9.79 Å². The first kappa shape index (κ1) is 84.0. The molecule has 14 aromatic rings. The summed E-state index contributed by atoms with van der Waals surface area (Å²) >= 11 is 0. The molecule has 4 heterocycles. The number of halogens is 1. The van der Waals surface area contributed by atoms with Crippen LogP contribution in [0.4, 0.5) is 25.5 Å². The molecule has 11 aromatic carbocycles. The van der Waals surface area contributed by atoms with Crippen LogP contribution in [-0.2, 0) is 69.5 Å². The van der Waals surface area contributed by atoms with Crippen molar-refractivity contribution in [1.82, 2.24) is 31.2 Å². The van der Waals surface area contributed by atoms with Gasteiger partial charge >= 0.3 is 30.1 Å². The molecule has 0 saturated carbocycles. The number of rotatable bonds is 28. The molecule has 25 heteroatoms. The Balaban J connectivity index is 0.000000148. The van der Waals surface area contributed by atoms with Crippen LogP contribution in [-0.4, -0.2) is 106 Å². The van der Waals surface area contributed by atoms with Crippen LogP contribution < -0.4 is 41.4 Å². The van der Waals surface area contributed by atoms with Gasteiger partial charge in [0.15, 0.2) is 19.2 Å². The fourth-order valence-corrected chi connectivity index (χ4v) is 12.5. The number of methoxy groups -OCH3 is 1. The predicted octanol–water partition coefficient (Wildman–Crippen LogP) is 17.3. The van der Waals surface area contributed by atoms with E-state index in [4.69, 9.17) is 27.8 Å².